The molecular weight excluding hydrogens is 260 g/mol. The van der Waals surface area contributed by atoms with Gasteiger partial charge in [0.25, 0.3) is 0 Å². The summed E-state index contributed by atoms with van der Waals surface area (Å²) in [5.74, 6) is -1.24. The Labute approximate surface area is 118 Å². The van der Waals surface area contributed by atoms with E-state index in [4.69, 9.17) is 14.6 Å². The van der Waals surface area contributed by atoms with Gasteiger partial charge in [-0.2, -0.15) is 0 Å². The van der Waals surface area contributed by atoms with Crippen molar-refractivity contribution in [1.29, 1.82) is 0 Å². The number of esters is 1. The van der Waals surface area contributed by atoms with Gasteiger partial charge >= 0.3 is 11.9 Å². The molecule has 0 aliphatic carbocycles. The predicted octanol–water partition coefficient (Wildman–Crippen LogP) is 2.53. The van der Waals surface area contributed by atoms with Crippen molar-refractivity contribution in [3.8, 4) is 5.75 Å². The quantitative estimate of drug-likeness (QED) is 0.777. The minimum Gasteiger partial charge on any atom is -0.496 e. The highest BCUT2D eigenvalue weighted by atomic mass is 16.5. The molecule has 1 aromatic carbocycles. The molecule has 0 heterocycles. The van der Waals surface area contributed by atoms with Crippen LogP contribution in [0.3, 0.4) is 0 Å². The molecule has 0 saturated heterocycles. The van der Waals surface area contributed by atoms with E-state index in [0.29, 0.717) is 25.2 Å². The highest BCUT2D eigenvalue weighted by Crippen LogP contribution is 2.22. The molecule has 0 radical (unpaired) electrons. The second-order valence-electron chi connectivity index (χ2n) is 4.40. The van der Waals surface area contributed by atoms with Crippen molar-refractivity contribution in [1.82, 2.24) is 0 Å². The number of hydrogen-bond donors (Lipinski definition) is 1. The third kappa shape index (κ3) is 3.98. The van der Waals surface area contributed by atoms with Gasteiger partial charge in [-0.15, -0.1) is 0 Å². The van der Waals surface area contributed by atoms with Crippen molar-refractivity contribution >= 4 is 11.9 Å². The molecule has 1 aromatic rings. The van der Waals surface area contributed by atoms with Gasteiger partial charge in [0.1, 0.15) is 11.3 Å². The highest BCUT2D eigenvalue weighted by Gasteiger charge is 2.20. The largest absolute Gasteiger partial charge is 0.496 e. The van der Waals surface area contributed by atoms with Gasteiger partial charge in [-0.25, -0.2) is 4.79 Å². The minimum absolute atomic E-state index is 0.101. The molecule has 0 aromatic heterocycles. The first kappa shape index (κ1) is 16.0. The number of carbonyl (C=O) groups is 2. The Balaban J connectivity index is 2.94. The van der Waals surface area contributed by atoms with Crippen LogP contribution in [0.5, 0.6) is 5.75 Å². The number of carboxylic acid groups (broad SMARTS) is 1. The number of hydrogen-bond acceptors (Lipinski definition) is 4. The fraction of sp³-hybridized carbons (Fsp3) is 0.467. The molecule has 1 atom stereocenters. The lowest BCUT2D eigenvalue weighted by atomic mass is 9.95. The van der Waals surface area contributed by atoms with Crippen molar-refractivity contribution < 1.29 is 24.2 Å². The number of carboxylic acids is 1. The van der Waals surface area contributed by atoms with Gasteiger partial charge in [0.05, 0.1) is 19.6 Å². The molecule has 0 aliphatic heterocycles. The number of carbonyl (C=O) groups excluding carboxylic acids is 1. The zero-order valence-electron chi connectivity index (χ0n) is 12.0. The van der Waals surface area contributed by atoms with Crippen molar-refractivity contribution in [2.24, 2.45) is 5.92 Å². The first-order valence-electron chi connectivity index (χ1n) is 6.60. The smallest absolute Gasteiger partial charge is 0.339 e. The Kier molecular flexibility index (Phi) is 6.03. The minimum atomic E-state index is -1.05. The SMILES string of the molecule is CCOC(=O)[C@@H](CC)Cc1ccc(OC)c(C(=O)O)c1. The van der Waals surface area contributed by atoms with E-state index in [1.165, 1.54) is 7.11 Å². The Bertz CT molecular complexity index is 481. The van der Waals surface area contributed by atoms with Crippen molar-refractivity contribution in [3.05, 3.63) is 29.3 Å². The van der Waals surface area contributed by atoms with Gasteiger partial charge in [-0.3, -0.25) is 4.79 Å². The number of rotatable bonds is 7. The van der Waals surface area contributed by atoms with Crippen LogP contribution in [0, 0.1) is 5.92 Å². The molecule has 0 bridgehead atoms. The maximum Gasteiger partial charge on any atom is 0.339 e. The lowest BCUT2D eigenvalue weighted by Crippen LogP contribution is -2.19. The molecule has 110 valence electrons. The molecule has 0 amide bonds. The summed E-state index contributed by atoms with van der Waals surface area (Å²) in [5, 5.41) is 9.13. The summed E-state index contributed by atoms with van der Waals surface area (Å²) in [5.41, 5.74) is 0.881. The van der Waals surface area contributed by atoms with E-state index in [-0.39, 0.29) is 17.5 Å². The van der Waals surface area contributed by atoms with Gasteiger partial charge in [0.2, 0.25) is 0 Å². The van der Waals surface area contributed by atoms with Crippen molar-refractivity contribution in [2.45, 2.75) is 26.7 Å². The van der Waals surface area contributed by atoms with Crippen molar-refractivity contribution in [2.75, 3.05) is 13.7 Å². The topological polar surface area (TPSA) is 72.8 Å². The molecule has 0 spiro atoms. The standard InChI is InChI=1S/C15H20O5/c1-4-11(15(18)20-5-2)8-10-6-7-13(19-3)12(9-10)14(16)17/h6-7,9,11H,4-5,8H2,1-3H3,(H,16,17)/t11-/m0/s1. The van der Waals surface area contributed by atoms with Crippen LogP contribution in [0.1, 0.15) is 36.2 Å². The molecule has 5 heteroatoms. The summed E-state index contributed by atoms with van der Waals surface area (Å²) in [6.07, 6.45) is 1.10. The molecule has 0 aliphatic rings. The van der Waals surface area contributed by atoms with Gasteiger partial charge < -0.3 is 14.6 Å². The maximum atomic E-state index is 11.8. The lowest BCUT2D eigenvalue weighted by molar-refractivity contribution is -0.148. The van der Waals surface area contributed by atoms with Gasteiger partial charge in [-0.05, 0) is 37.5 Å². The fourth-order valence-corrected chi connectivity index (χ4v) is 1.99. The molecule has 1 rings (SSSR count). The molecule has 0 saturated carbocycles. The second kappa shape index (κ2) is 7.53. The summed E-state index contributed by atoms with van der Waals surface area (Å²) in [6, 6.07) is 4.92. The van der Waals surface area contributed by atoms with Gasteiger partial charge in [-0.1, -0.05) is 13.0 Å². The predicted molar refractivity (Wildman–Crippen MR) is 74.1 cm³/mol. The molecule has 0 fully saturated rings. The Morgan fingerprint density at radius 2 is 2.00 bits per heavy atom. The molecule has 0 unspecified atom stereocenters. The van der Waals surface area contributed by atoms with Crippen LogP contribution in [0.2, 0.25) is 0 Å². The van der Waals surface area contributed by atoms with E-state index in [1.54, 1.807) is 25.1 Å². The number of ether oxygens (including phenoxy) is 2. The fourth-order valence-electron chi connectivity index (χ4n) is 1.99. The second-order valence-corrected chi connectivity index (χ2v) is 4.40. The third-order valence-electron chi connectivity index (χ3n) is 3.09. The summed E-state index contributed by atoms with van der Waals surface area (Å²) in [6.45, 7) is 4.02. The first-order chi connectivity index (χ1) is 9.53. The van der Waals surface area contributed by atoms with E-state index >= 15 is 0 Å². The number of aromatic carboxylic acids is 1. The van der Waals surface area contributed by atoms with Crippen LogP contribution in [-0.4, -0.2) is 30.8 Å². The highest BCUT2D eigenvalue weighted by molar-refractivity contribution is 5.91. The summed E-state index contributed by atoms with van der Waals surface area (Å²) in [4.78, 5) is 22.9. The number of benzene rings is 1. The van der Waals surface area contributed by atoms with E-state index < -0.39 is 5.97 Å². The van der Waals surface area contributed by atoms with E-state index in [9.17, 15) is 9.59 Å². The third-order valence-corrected chi connectivity index (χ3v) is 3.09. The summed E-state index contributed by atoms with van der Waals surface area (Å²) < 4.78 is 10.0. The van der Waals surface area contributed by atoms with Gasteiger partial charge in [0.15, 0.2) is 0 Å². The van der Waals surface area contributed by atoms with Crippen LogP contribution >= 0.6 is 0 Å². The average Bonchev–Trinajstić information content (AvgIpc) is 2.44. The Morgan fingerprint density at radius 1 is 1.30 bits per heavy atom. The van der Waals surface area contributed by atoms with Crippen LogP contribution in [-0.2, 0) is 16.0 Å². The first-order valence-corrected chi connectivity index (χ1v) is 6.60. The molecule has 5 nitrogen and oxygen atoms in total. The van der Waals surface area contributed by atoms with Crippen LogP contribution < -0.4 is 4.74 Å². The normalized spacial score (nSPS) is 11.8. The molecule has 1 N–H and O–H groups in total. The van der Waals surface area contributed by atoms with Crippen LogP contribution in [0.15, 0.2) is 18.2 Å². The summed E-state index contributed by atoms with van der Waals surface area (Å²) >= 11 is 0. The monoisotopic (exact) mass is 280 g/mol. The molecular formula is C15H20O5. The Morgan fingerprint density at radius 3 is 2.50 bits per heavy atom. The average molecular weight is 280 g/mol. The lowest BCUT2D eigenvalue weighted by Gasteiger charge is -2.14. The zero-order valence-corrected chi connectivity index (χ0v) is 12.0. The van der Waals surface area contributed by atoms with Crippen LogP contribution in [0.25, 0.3) is 0 Å². The van der Waals surface area contributed by atoms with Crippen molar-refractivity contribution in [3.63, 3.8) is 0 Å². The van der Waals surface area contributed by atoms with Gasteiger partial charge in [0, 0.05) is 0 Å². The van der Waals surface area contributed by atoms with E-state index in [0.717, 1.165) is 5.56 Å². The molecule has 20 heavy (non-hydrogen) atoms. The summed E-state index contributed by atoms with van der Waals surface area (Å²) in [7, 11) is 1.43. The zero-order chi connectivity index (χ0) is 15.1. The van der Waals surface area contributed by atoms with E-state index in [2.05, 4.69) is 0 Å². The van der Waals surface area contributed by atoms with E-state index in [1.807, 2.05) is 6.92 Å². The van der Waals surface area contributed by atoms with Crippen LogP contribution in [0.4, 0.5) is 0 Å². The number of methoxy groups -OCH3 is 1. The maximum absolute atomic E-state index is 11.8. The Hall–Kier alpha value is -2.04.